The zero-order valence-corrected chi connectivity index (χ0v) is 15.0. The van der Waals surface area contributed by atoms with Crippen LogP contribution in [-0.4, -0.2) is 27.3 Å². The Balaban J connectivity index is 2.05. The SMILES string of the molecule is CCOC(=O)c1c(C(=S)Nc2ccccc2)nn(-c2ccccc2)c1N. The van der Waals surface area contributed by atoms with E-state index in [4.69, 9.17) is 22.7 Å². The number of aromatic nitrogens is 2. The van der Waals surface area contributed by atoms with Crippen LogP contribution in [0.1, 0.15) is 23.0 Å². The minimum atomic E-state index is -0.556. The van der Waals surface area contributed by atoms with E-state index in [2.05, 4.69) is 10.4 Å². The first-order chi connectivity index (χ1) is 12.6. The number of benzene rings is 2. The van der Waals surface area contributed by atoms with Crippen molar-refractivity contribution >= 4 is 34.7 Å². The van der Waals surface area contributed by atoms with Crippen LogP contribution >= 0.6 is 12.2 Å². The van der Waals surface area contributed by atoms with Gasteiger partial charge in [-0.15, -0.1) is 0 Å². The van der Waals surface area contributed by atoms with Crippen LogP contribution in [0.2, 0.25) is 0 Å². The lowest BCUT2D eigenvalue weighted by Gasteiger charge is -2.07. The van der Waals surface area contributed by atoms with Crippen molar-refractivity contribution in [3.05, 3.63) is 71.9 Å². The number of thiocarbonyl (C=S) groups is 1. The van der Waals surface area contributed by atoms with Crippen molar-refractivity contribution in [2.75, 3.05) is 17.7 Å². The number of ether oxygens (including phenoxy) is 1. The maximum absolute atomic E-state index is 12.4. The van der Waals surface area contributed by atoms with Crippen LogP contribution in [-0.2, 0) is 4.74 Å². The van der Waals surface area contributed by atoms with Gasteiger partial charge in [-0.3, -0.25) is 0 Å². The van der Waals surface area contributed by atoms with Crippen molar-refractivity contribution in [1.82, 2.24) is 9.78 Å². The Kier molecular flexibility index (Phi) is 5.28. The molecule has 0 bridgehead atoms. The topological polar surface area (TPSA) is 82.2 Å². The number of nitrogens with one attached hydrogen (secondary N) is 1. The molecule has 0 saturated heterocycles. The molecule has 132 valence electrons. The lowest BCUT2D eigenvalue weighted by atomic mass is 10.2. The molecule has 0 aliphatic heterocycles. The van der Waals surface area contributed by atoms with E-state index in [-0.39, 0.29) is 23.7 Å². The fourth-order valence-electron chi connectivity index (χ4n) is 2.47. The summed E-state index contributed by atoms with van der Waals surface area (Å²) in [5.41, 5.74) is 8.17. The first-order valence-corrected chi connectivity index (χ1v) is 8.50. The van der Waals surface area contributed by atoms with Gasteiger partial charge in [0.1, 0.15) is 22.1 Å². The maximum atomic E-state index is 12.4. The van der Waals surface area contributed by atoms with Crippen LogP contribution in [0.4, 0.5) is 11.5 Å². The molecule has 1 aromatic heterocycles. The molecular weight excluding hydrogens is 348 g/mol. The Labute approximate surface area is 156 Å². The molecule has 0 unspecified atom stereocenters. The van der Waals surface area contributed by atoms with E-state index in [1.165, 1.54) is 4.68 Å². The fourth-order valence-corrected chi connectivity index (χ4v) is 2.73. The Morgan fingerprint density at radius 2 is 1.77 bits per heavy atom. The van der Waals surface area contributed by atoms with Gasteiger partial charge in [-0.1, -0.05) is 48.6 Å². The molecule has 0 aliphatic rings. The fraction of sp³-hybridized carbons (Fsp3) is 0.105. The number of esters is 1. The molecule has 0 spiro atoms. The number of hydrogen-bond donors (Lipinski definition) is 2. The number of para-hydroxylation sites is 2. The van der Waals surface area contributed by atoms with Crippen molar-refractivity contribution in [2.45, 2.75) is 6.92 Å². The summed E-state index contributed by atoms with van der Waals surface area (Å²) in [4.78, 5) is 12.7. The van der Waals surface area contributed by atoms with Crippen LogP contribution in [0.3, 0.4) is 0 Å². The number of nitrogens with two attached hydrogens (primary N) is 1. The standard InChI is InChI=1S/C19H18N4O2S/c1-2-25-19(24)15-16(18(26)21-13-9-5-3-6-10-13)22-23(17(15)20)14-11-7-4-8-12-14/h3-12H,2,20H2,1H3,(H,21,26). The summed E-state index contributed by atoms with van der Waals surface area (Å²) in [6, 6.07) is 18.7. The first kappa shape index (κ1) is 17.6. The Bertz CT molecular complexity index is 923. The maximum Gasteiger partial charge on any atom is 0.344 e. The molecule has 3 aromatic rings. The molecule has 3 rings (SSSR count). The van der Waals surface area contributed by atoms with E-state index >= 15 is 0 Å². The van der Waals surface area contributed by atoms with Gasteiger partial charge in [-0.05, 0) is 31.2 Å². The third-order valence-electron chi connectivity index (χ3n) is 3.65. The quantitative estimate of drug-likeness (QED) is 0.532. The van der Waals surface area contributed by atoms with E-state index in [1.54, 1.807) is 6.92 Å². The summed E-state index contributed by atoms with van der Waals surface area (Å²) >= 11 is 5.47. The molecule has 0 radical (unpaired) electrons. The number of hydrogen-bond acceptors (Lipinski definition) is 5. The lowest BCUT2D eigenvalue weighted by Crippen LogP contribution is -2.17. The zero-order chi connectivity index (χ0) is 18.5. The van der Waals surface area contributed by atoms with E-state index < -0.39 is 5.97 Å². The van der Waals surface area contributed by atoms with Gasteiger partial charge in [-0.25, -0.2) is 9.48 Å². The van der Waals surface area contributed by atoms with Gasteiger partial charge >= 0.3 is 5.97 Å². The molecule has 7 heteroatoms. The van der Waals surface area contributed by atoms with Gasteiger partial charge in [0.15, 0.2) is 0 Å². The van der Waals surface area contributed by atoms with Crippen LogP contribution in [0.5, 0.6) is 0 Å². The summed E-state index contributed by atoms with van der Waals surface area (Å²) in [5.74, 6) is -0.374. The largest absolute Gasteiger partial charge is 0.462 e. The highest BCUT2D eigenvalue weighted by Gasteiger charge is 2.26. The average molecular weight is 366 g/mol. The molecule has 0 amide bonds. The van der Waals surface area contributed by atoms with E-state index in [0.29, 0.717) is 4.99 Å². The van der Waals surface area contributed by atoms with Crippen molar-refractivity contribution in [1.29, 1.82) is 0 Å². The molecule has 6 nitrogen and oxygen atoms in total. The van der Waals surface area contributed by atoms with E-state index in [9.17, 15) is 4.79 Å². The van der Waals surface area contributed by atoms with Crippen molar-refractivity contribution in [3.8, 4) is 5.69 Å². The number of nitrogens with zero attached hydrogens (tertiary/aromatic N) is 2. The molecule has 26 heavy (non-hydrogen) atoms. The number of carbonyl (C=O) groups excluding carboxylic acids is 1. The number of carbonyl (C=O) groups is 1. The summed E-state index contributed by atoms with van der Waals surface area (Å²) < 4.78 is 6.63. The predicted octanol–water partition coefficient (Wildman–Crippen LogP) is 3.42. The first-order valence-electron chi connectivity index (χ1n) is 8.09. The van der Waals surface area contributed by atoms with Gasteiger partial charge in [0.2, 0.25) is 0 Å². The monoisotopic (exact) mass is 366 g/mol. The highest BCUT2D eigenvalue weighted by molar-refractivity contribution is 7.81. The molecule has 2 aromatic carbocycles. The highest BCUT2D eigenvalue weighted by atomic mass is 32.1. The summed E-state index contributed by atoms with van der Waals surface area (Å²) in [7, 11) is 0. The van der Waals surface area contributed by atoms with Crippen molar-refractivity contribution in [3.63, 3.8) is 0 Å². The van der Waals surface area contributed by atoms with Crippen molar-refractivity contribution in [2.24, 2.45) is 0 Å². The summed E-state index contributed by atoms with van der Waals surface area (Å²) in [5, 5.41) is 7.55. The molecule has 1 heterocycles. The second-order valence-corrected chi connectivity index (χ2v) is 5.81. The normalized spacial score (nSPS) is 10.3. The average Bonchev–Trinajstić information content (AvgIpc) is 3.01. The number of nitrogen functional groups attached to an aromatic ring is 1. The lowest BCUT2D eigenvalue weighted by molar-refractivity contribution is 0.0527. The number of anilines is 2. The van der Waals surface area contributed by atoms with Crippen LogP contribution in [0, 0.1) is 0 Å². The molecule has 3 N–H and O–H groups in total. The third kappa shape index (κ3) is 3.57. The van der Waals surface area contributed by atoms with Gasteiger partial charge in [-0.2, -0.15) is 5.10 Å². The molecule has 0 aliphatic carbocycles. The zero-order valence-electron chi connectivity index (χ0n) is 14.2. The Morgan fingerprint density at radius 3 is 2.38 bits per heavy atom. The van der Waals surface area contributed by atoms with Crippen molar-refractivity contribution < 1.29 is 9.53 Å². The van der Waals surface area contributed by atoms with Crippen LogP contribution in [0.15, 0.2) is 60.7 Å². The van der Waals surface area contributed by atoms with Crippen LogP contribution in [0.25, 0.3) is 5.69 Å². The molecule has 0 fully saturated rings. The predicted molar refractivity (Wildman–Crippen MR) is 106 cm³/mol. The van der Waals surface area contributed by atoms with E-state index in [1.807, 2.05) is 60.7 Å². The van der Waals surface area contributed by atoms with Gasteiger partial charge in [0.25, 0.3) is 0 Å². The minimum Gasteiger partial charge on any atom is -0.462 e. The van der Waals surface area contributed by atoms with E-state index in [0.717, 1.165) is 11.4 Å². The molecule has 0 saturated carbocycles. The second-order valence-electron chi connectivity index (χ2n) is 5.40. The Hall–Kier alpha value is -3.19. The minimum absolute atomic E-state index is 0.157. The number of rotatable bonds is 5. The summed E-state index contributed by atoms with van der Waals surface area (Å²) in [6.07, 6.45) is 0. The highest BCUT2D eigenvalue weighted by Crippen LogP contribution is 2.23. The third-order valence-corrected chi connectivity index (χ3v) is 3.94. The smallest absolute Gasteiger partial charge is 0.344 e. The second kappa shape index (κ2) is 7.79. The van der Waals surface area contributed by atoms with Gasteiger partial charge in [0, 0.05) is 5.69 Å². The van der Waals surface area contributed by atoms with Gasteiger partial charge in [0.05, 0.1) is 12.3 Å². The molecular formula is C19H18N4O2S. The van der Waals surface area contributed by atoms with Gasteiger partial charge < -0.3 is 15.8 Å². The molecule has 0 atom stereocenters. The van der Waals surface area contributed by atoms with Crippen LogP contribution < -0.4 is 11.1 Å². The Morgan fingerprint density at radius 1 is 1.15 bits per heavy atom. The summed E-state index contributed by atoms with van der Waals surface area (Å²) in [6.45, 7) is 1.96.